The number of carbonyl (C=O) groups is 4. The Hall–Kier alpha value is -3.26. The van der Waals surface area contributed by atoms with E-state index in [1.54, 1.807) is 12.1 Å². The summed E-state index contributed by atoms with van der Waals surface area (Å²) >= 11 is 3.48. The molecule has 33 heavy (non-hydrogen) atoms. The number of fused-ring (bicyclic) bond motifs is 1. The molecule has 8 heteroatoms. The number of allylic oxidation sites excluding steroid dienone is 2. The van der Waals surface area contributed by atoms with Crippen molar-refractivity contribution in [2.75, 3.05) is 16.8 Å². The molecule has 2 aliphatic rings. The number of nitrogens with zero attached hydrogens (tertiary/aromatic N) is 1. The standard InChI is InChI=1S/C25H23BrN2O5/c1-14-11-17(12-15(2)22(14)26)27-21(29)13-33-25(32)16-7-9-18(10-8-16)28-23(30)19-5-3-4-6-20(19)24(28)31/h3-4,7-12,19-20H,5-6,13H2,1-2H3,(H,27,29)/t19-,20+. The number of imide groups is 1. The summed E-state index contributed by atoms with van der Waals surface area (Å²) in [7, 11) is 0. The average molecular weight is 511 g/mol. The number of anilines is 2. The fraction of sp³-hybridized carbons (Fsp3) is 0.280. The Kier molecular flexibility index (Phi) is 6.47. The minimum absolute atomic E-state index is 0.209. The predicted octanol–water partition coefficient (Wildman–Crippen LogP) is 4.32. The molecule has 0 aromatic heterocycles. The summed E-state index contributed by atoms with van der Waals surface area (Å²) in [6, 6.07) is 9.70. The van der Waals surface area contributed by atoms with Gasteiger partial charge in [-0.25, -0.2) is 4.79 Å². The summed E-state index contributed by atoms with van der Waals surface area (Å²) in [6.07, 6.45) is 5.00. The van der Waals surface area contributed by atoms with Gasteiger partial charge in [0, 0.05) is 10.2 Å². The SMILES string of the molecule is Cc1cc(NC(=O)COC(=O)c2ccc(N3C(=O)[C@H]4CC=CC[C@H]4C3=O)cc2)cc(C)c1Br. The van der Waals surface area contributed by atoms with E-state index in [-0.39, 0.29) is 29.2 Å². The molecule has 0 radical (unpaired) electrons. The van der Waals surface area contributed by atoms with Crippen molar-refractivity contribution in [2.45, 2.75) is 26.7 Å². The zero-order chi connectivity index (χ0) is 23.7. The largest absolute Gasteiger partial charge is 0.452 e. The van der Waals surface area contributed by atoms with Crippen molar-refractivity contribution < 1.29 is 23.9 Å². The summed E-state index contributed by atoms with van der Waals surface area (Å²) in [5.41, 5.74) is 3.23. The van der Waals surface area contributed by atoms with Crippen LogP contribution in [-0.4, -0.2) is 30.3 Å². The van der Waals surface area contributed by atoms with Crippen LogP contribution >= 0.6 is 15.9 Å². The van der Waals surface area contributed by atoms with E-state index in [0.717, 1.165) is 15.6 Å². The molecule has 0 spiro atoms. The van der Waals surface area contributed by atoms with Gasteiger partial charge in [0.25, 0.3) is 5.91 Å². The third-order valence-corrected chi connectivity index (χ3v) is 7.17. The first-order valence-electron chi connectivity index (χ1n) is 10.6. The molecular formula is C25H23BrN2O5. The second kappa shape index (κ2) is 9.31. The van der Waals surface area contributed by atoms with Gasteiger partial charge in [0.15, 0.2) is 6.61 Å². The number of esters is 1. The van der Waals surface area contributed by atoms with Gasteiger partial charge in [0.1, 0.15) is 0 Å². The monoisotopic (exact) mass is 510 g/mol. The van der Waals surface area contributed by atoms with Crippen molar-refractivity contribution >= 4 is 51.0 Å². The maximum absolute atomic E-state index is 12.7. The molecule has 0 unspecified atom stereocenters. The molecule has 1 saturated heterocycles. The van der Waals surface area contributed by atoms with Crippen molar-refractivity contribution in [3.63, 3.8) is 0 Å². The molecule has 2 aromatic rings. The van der Waals surface area contributed by atoms with E-state index in [1.165, 1.54) is 17.0 Å². The molecule has 4 rings (SSSR count). The van der Waals surface area contributed by atoms with Crippen molar-refractivity contribution in [1.82, 2.24) is 0 Å². The molecule has 0 saturated carbocycles. The van der Waals surface area contributed by atoms with Gasteiger partial charge in [-0.1, -0.05) is 28.1 Å². The number of carbonyl (C=O) groups excluding carboxylic acids is 4. The van der Waals surface area contributed by atoms with Gasteiger partial charge in [0.05, 0.1) is 23.1 Å². The third-order valence-electron chi connectivity index (χ3n) is 5.92. The lowest BCUT2D eigenvalue weighted by molar-refractivity contribution is -0.122. The van der Waals surface area contributed by atoms with Gasteiger partial charge in [-0.2, -0.15) is 0 Å². The van der Waals surface area contributed by atoms with Crippen LogP contribution in [0.2, 0.25) is 0 Å². The van der Waals surface area contributed by atoms with Crippen LogP contribution in [0.1, 0.15) is 34.3 Å². The molecule has 3 amide bonds. The van der Waals surface area contributed by atoms with Crippen LogP contribution in [0.15, 0.2) is 53.0 Å². The quantitative estimate of drug-likeness (QED) is 0.367. The molecule has 1 heterocycles. The van der Waals surface area contributed by atoms with Crippen LogP contribution in [0.25, 0.3) is 0 Å². The number of hydrogen-bond acceptors (Lipinski definition) is 5. The zero-order valence-electron chi connectivity index (χ0n) is 18.3. The van der Waals surface area contributed by atoms with Crippen LogP contribution in [0.3, 0.4) is 0 Å². The van der Waals surface area contributed by atoms with Crippen molar-refractivity contribution in [2.24, 2.45) is 11.8 Å². The van der Waals surface area contributed by atoms with Gasteiger partial charge >= 0.3 is 5.97 Å². The number of benzene rings is 2. The molecule has 2 aromatic carbocycles. The Morgan fingerprint density at radius 3 is 2.09 bits per heavy atom. The first kappa shape index (κ1) is 22.9. The van der Waals surface area contributed by atoms with Crippen LogP contribution in [-0.2, 0) is 19.1 Å². The molecule has 170 valence electrons. The average Bonchev–Trinajstić information content (AvgIpc) is 3.06. The third kappa shape index (κ3) is 4.61. The number of amides is 3. The summed E-state index contributed by atoms with van der Waals surface area (Å²) in [6.45, 7) is 3.41. The lowest BCUT2D eigenvalue weighted by Crippen LogP contribution is -2.30. The molecule has 0 bridgehead atoms. The van der Waals surface area contributed by atoms with E-state index in [4.69, 9.17) is 4.74 Å². The predicted molar refractivity (Wildman–Crippen MR) is 127 cm³/mol. The van der Waals surface area contributed by atoms with E-state index >= 15 is 0 Å². The fourth-order valence-corrected chi connectivity index (χ4v) is 4.46. The molecular weight excluding hydrogens is 488 g/mol. The molecule has 7 nitrogen and oxygen atoms in total. The molecule has 2 atom stereocenters. The number of ether oxygens (including phenoxy) is 1. The van der Waals surface area contributed by atoms with Crippen LogP contribution in [0.4, 0.5) is 11.4 Å². The number of halogens is 1. The van der Waals surface area contributed by atoms with E-state index in [9.17, 15) is 19.2 Å². The summed E-state index contributed by atoms with van der Waals surface area (Å²) in [5, 5.41) is 2.71. The van der Waals surface area contributed by atoms with E-state index in [0.29, 0.717) is 24.2 Å². The maximum atomic E-state index is 12.7. The highest BCUT2D eigenvalue weighted by Crippen LogP contribution is 2.37. The van der Waals surface area contributed by atoms with E-state index in [2.05, 4.69) is 21.2 Å². The highest BCUT2D eigenvalue weighted by atomic mass is 79.9. The first-order chi connectivity index (χ1) is 15.8. The number of nitrogens with one attached hydrogen (secondary N) is 1. The number of hydrogen-bond donors (Lipinski definition) is 1. The molecule has 1 aliphatic heterocycles. The summed E-state index contributed by atoms with van der Waals surface area (Å²) in [4.78, 5) is 51.1. The van der Waals surface area contributed by atoms with E-state index in [1.807, 2.05) is 38.1 Å². The Morgan fingerprint density at radius 1 is 1.00 bits per heavy atom. The fourth-order valence-electron chi connectivity index (χ4n) is 4.23. The minimum atomic E-state index is -0.670. The zero-order valence-corrected chi connectivity index (χ0v) is 19.8. The lowest BCUT2D eigenvalue weighted by atomic mass is 9.85. The van der Waals surface area contributed by atoms with Crippen LogP contribution in [0.5, 0.6) is 0 Å². The second-order valence-corrected chi connectivity index (χ2v) is 9.06. The number of rotatable bonds is 5. The number of aryl methyl sites for hydroxylation is 2. The van der Waals surface area contributed by atoms with E-state index < -0.39 is 18.5 Å². The highest BCUT2D eigenvalue weighted by Gasteiger charge is 2.47. The molecule has 1 aliphatic carbocycles. The summed E-state index contributed by atoms with van der Waals surface area (Å²) in [5.74, 6) is -2.17. The highest BCUT2D eigenvalue weighted by molar-refractivity contribution is 9.10. The molecule has 1 fully saturated rings. The Labute approximate surface area is 199 Å². The van der Waals surface area contributed by atoms with Gasteiger partial charge in [-0.3, -0.25) is 19.3 Å². The Morgan fingerprint density at radius 2 is 1.55 bits per heavy atom. The van der Waals surface area contributed by atoms with Gasteiger partial charge < -0.3 is 10.1 Å². The Balaban J connectivity index is 1.35. The molecule has 1 N–H and O–H groups in total. The normalized spacial score (nSPS) is 19.4. The van der Waals surface area contributed by atoms with Crippen molar-refractivity contribution in [3.05, 3.63) is 69.7 Å². The minimum Gasteiger partial charge on any atom is -0.452 e. The van der Waals surface area contributed by atoms with Crippen LogP contribution < -0.4 is 10.2 Å². The first-order valence-corrected chi connectivity index (χ1v) is 11.4. The second-order valence-electron chi connectivity index (χ2n) is 8.26. The maximum Gasteiger partial charge on any atom is 0.338 e. The van der Waals surface area contributed by atoms with Gasteiger partial charge in [0.2, 0.25) is 11.8 Å². The summed E-state index contributed by atoms with van der Waals surface area (Å²) < 4.78 is 6.09. The topological polar surface area (TPSA) is 92.8 Å². The van der Waals surface area contributed by atoms with Crippen LogP contribution in [0, 0.1) is 25.7 Å². The van der Waals surface area contributed by atoms with Gasteiger partial charge in [-0.05, 0) is 74.2 Å². The lowest BCUT2D eigenvalue weighted by Gasteiger charge is -2.15. The van der Waals surface area contributed by atoms with Crippen molar-refractivity contribution in [3.8, 4) is 0 Å². The van der Waals surface area contributed by atoms with Gasteiger partial charge in [-0.15, -0.1) is 0 Å². The smallest absolute Gasteiger partial charge is 0.338 e. The Bertz CT molecular complexity index is 1120. The van der Waals surface area contributed by atoms with Crippen molar-refractivity contribution in [1.29, 1.82) is 0 Å².